The van der Waals surface area contributed by atoms with Crippen molar-refractivity contribution in [3.8, 4) is 17.2 Å². The van der Waals surface area contributed by atoms with Gasteiger partial charge in [-0.15, -0.1) is 0 Å². The second kappa shape index (κ2) is 5.73. The van der Waals surface area contributed by atoms with Crippen LogP contribution in [0, 0.1) is 0 Å². The summed E-state index contributed by atoms with van der Waals surface area (Å²) in [5, 5.41) is 0.262. The largest absolute Gasteiger partial charge is 0.427 e. The number of carbonyl (C=O) groups is 1. The molecule has 6 heteroatoms. The van der Waals surface area contributed by atoms with E-state index < -0.39 is 11.6 Å². The second-order valence-corrected chi connectivity index (χ2v) is 5.51. The third-order valence-corrected chi connectivity index (χ3v) is 3.43. The van der Waals surface area contributed by atoms with Crippen molar-refractivity contribution >= 4 is 32.8 Å². The maximum Gasteiger partial charge on any atom is 0.347 e. The van der Waals surface area contributed by atoms with Crippen LogP contribution in [0.2, 0.25) is 0 Å². The molecule has 1 heterocycles. The number of rotatable bonds is 2. The molecular weight excluding hydrogens is 350 g/mol. The molecule has 3 aromatic rings. The first-order chi connectivity index (χ1) is 10.5. The fourth-order valence-electron chi connectivity index (χ4n) is 2.03. The Labute approximate surface area is 133 Å². The molecule has 0 atom stereocenters. The quantitative estimate of drug-likeness (QED) is 0.517. The summed E-state index contributed by atoms with van der Waals surface area (Å²) < 4.78 is 11.1. The lowest BCUT2D eigenvalue weighted by atomic mass is 10.2. The minimum atomic E-state index is -0.533. The van der Waals surface area contributed by atoms with Crippen LogP contribution in [0.15, 0.2) is 56.1 Å². The van der Waals surface area contributed by atoms with Gasteiger partial charge in [0.1, 0.15) is 5.75 Å². The van der Waals surface area contributed by atoms with Crippen molar-refractivity contribution in [2.24, 2.45) is 0 Å². The zero-order valence-electron chi connectivity index (χ0n) is 11.5. The van der Waals surface area contributed by atoms with Crippen molar-refractivity contribution in [3.63, 3.8) is 0 Å². The molecule has 0 spiro atoms. The van der Waals surface area contributed by atoms with E-state index in [-0.39, 0.29) is 17.0 Å². The van der Waals surface area contributed by atoms with Gasteiger partial charge in [0.15, 0.2) is 0 Å². The third kappa shape index (κ3) is 2.92. The summed E-state index contributed by atoms with van der Waals surface area (Å²) >= 11 is 3.36. The molecule has 0 aliphatic rings. The van der Waals surface area contributed by atoms with Crippen molar-refractivity contribution < 1.29 is 13.9 Å². The molecular formula is C16H10BrNO4. The van der Waals surface area contributed by atoms with Crippen LogP contribution in [0.3, 0.4) is 0 Å². The van der Waals surface area contributed by atoms with Crippen molar-refractivity contribution in [1.29, 1.82) is 0 Å². The molecule has 0 saturated heterocycles. The number of fused-ring (bicyclic) bond motifs is 1. The molecule has 3 rings (SSSR count). The highest BCUT2D eigenvalue weighted by molar-refractivity contribution is 9.10. The van der Waals surface area contributed by atoms with Crippen LogP contribution in [0.5, 0.6) is 5.75 Å². The Morgan fingerprint density at radius 2 is 2.05 bits per heavy atom. The van der Waals surface area contributed by atoms with Gasteiger partial charge in [-0.3, -0.25) is 4.79 Å². The van der Waals surface area contributed by atoms with Crippen molar-refractivity contribution in [3.05, 3.63) is 57.4 Å². The Morgan fingerprint density at radius 3 is 2.77 bits per heavy atom. The number of carbonyl (C=O) groups excluding carboxylic acids is 1. The summed E-state index contributed by atoms with van der Waals surface area (Å²) in [5.74, 6) is 0.0609. The van der Waals surface area contributed by atoms with Gasteiger partial charge in [-0.1, -0.05) is 22.0 Å². The molecule has 0 saturated carbocycles. The lowest BCUT2D eigenvalue weighted by molar-refractivity contribution is -0.131. The summed E-state index contributed by atoms with van der Waals surface area (Å²) in [4.78, 5) is 27.4. The van der Waals surface area contributed by atoms with Crippen LogP contribution < -0.4 is 10.4 Å². The molecule has 5 nitrogen and oxygen atoms in total. The summed E-state index contributed by atoms with van der Waals surface area (Å²) in [6.45, 7) is 1.29. The van der Waals surface area contributed by atoms with E-state index in [4.69, 9.17) is 9.15 Å². The summed E-state index contributed by atoms with van der Waals surface area (Å²) in [6, 6.07) is 12.0. The molecule has 2 aromatic carbocycles. The van der Waals surface area contributed by atoms with E-state index in [2.05, 4.69) is 20.9 Å². The Balaban J connectivity index is 2.13. The van der Waals surface area contributed by atoms with Gasteiger partial charge in [-0.05, 0) is 36.4 Å². The van der Waals surface area contributed by atoms with Gasteiger partial charge in [0.25, 0.3) is 0 Å². The zero-order chi connectivity index (χ0) is 15.7. The van der Waals surface area contributed by atoms with Crippen LogP contribution in [0.4, 0.5) is 0 Å². The average Bonchev–Trinajstić information content (AvgIpc) is 2.47. The standard InChI is InChI=1S/C16H10BrNO4/c1-9(19)21-12-5-6-14-13(8-12)16(20)22-15(18-14)10-3-2-4-11(17)7-10/h2-8H,1H3. The maximum atomic E-state index is 12.1. The summed E-state index contributed by atoms with van der Waals surface area (Å²) in [7, 11) is 0. The van der Waals surface area contributed by atoms with Gasteiger partial charge >= 0.3 is 11.6 Å². The number of esters is 1. The van der Waals surface area contributed by atoms with Crippen LogP contribution in [0.25, 0.3) is 22.4 Å². The number of halogens is 1. The highest BCUT2D eigenvalue weighted by atomic mass is 79.9. The van der Waals surface area contributed by atoms with Crippen LogP contribution >= 0.6 is 15.9 Å². The van der Waals surface area contributed by atoms with E-state index in [1.54, 1.807) is 18.2 Å². The molecule has 0 aliphatic heterocycles. The number of hydrogen-bond donors (Lipinski definition) is 0. The molecule has 1 aromatic heterocycles. The monoisotopic (exact) mass is 359 g/mol. The first kappa shape index (κ1) is 14.5. The van der Waals surface area contributed by atoms with E-state index >= 15 is 0 Å². The van der Waals surface area contributed by atoms with E-state index in [1.807, 2.05) is 18.2 Å². The minimum Gasteiger partial charge on any atom is -0.427 e. The van der Waals surface area contributed by atoms with E-state index in [1.165, 1.54) is 13.0 Å². The fourth-order valence-corrected chi connectivity index (χ4v) is 2.42. The number of hydrogen-bond acceptors (Lipinski definition) is 5. The van der Waals surface area contributed by atoms with E-state index in [9.17, 15) is 9.59 Å². The summed E-state index contributed by atoms with van der Waals surface area (Å²) in [5.41, 5.74) is 0.633. The number of nitrogens with zero attached hydrogens (tertiary/aromatic N) is 1. The normalized spacial score (nSPS) is 10.6. The number of benzene rings is 2. The fraction of sp³-hybridized carbons (Fsp3) is 0.0625. The molecule has 0 N–H and O–H groups in total. The van der Waals surface area contributed by atoms with E-state index in [0.717, 1.165) is 4.47 Å². The SMILES string of the molecule is CC(=O)Oc1ccc2nc(-c3cccc(Br)c3)oc(=O)c2c1. The minimum absolute atomic E-state index is 0.235. The molecule has 0 unspecified atom stereocenters. The van der Waals surface area contributed by atoms with Crippen molar-refractivity contribution in [2.75, 3.05) is 0 Å². The Morgan fingerprint density at radius 1 is 1.23 bits per heavy atom. The first-order valence-electron chi connectivity index (χ1n) is 6.42. The van der Waals surface area contributed by atoms with Crippen LogP contribution in [-0.4, -0.2) is 11.0 Å². The van der Waals surface area contributed by atoms with E-state index in [0.29, 0.717) is 11.1 Å². The molecule has 0 amide bonds. The van der Waals surface area contributed by atoms with Gasteiger partial charge in [-0.2, -0.15) is 0 Å². The highest BCUT2D eigenvalue weighted by Gasteiger charge is 2.10. The van der Waals surface area contributed by atoms with Crippen LogP contribution in [-0.2, 0) is 4.79 Å². The Hall–Kier alpha value is -2.47. The molecule has 0 aliphatic carbocycles. The van der Waals surface area contributed by atoms with Gasteiger partial charge in [-0.25, -0.2) is 9.78 Å². The maximum absolute atomic E-state index is 12.1. The number of aromatic nitrogens is 1. The highest BCUT2D eigenvalue weighted by Crippen LogP contribution is 2.23. The predicted molar refractivity (Wildman–Crippen MR) is 84.7 cm³/mol. The third-order valence-electron chi connectivity index (χ3n) is 2.93. The second-order valence-electron chi connectivity index (χ2n) is 4.59. The van der Waals surface area contributed by atoms with Gasteiger partial charge in [0.2, 0.25) is 5.89 Å². The Kier molecular flexibility index (Phi) is 3.77. The van der Waals surface area contributed by atoms with Gasteiger partial charge in [0, 0.05) is 17.0 Å². The van der Waals surface area contributed by atoms with Crippen molar-refractivity contribution in [2.45, 2.75) is 6.92 Å². The van der Waals surface area contributed by atoms with Gasteiger partial charge < -0.3 is 9.15 Å². The van der Waals surface area contributed by atoms with Crippen molar-refractivity contribution in [1.82, 2.24) is 4.98 Å². The molecule has 110 valence electrons. The number of ether oxygens (including phenoxy) is 1. The smallest absolute Gasteiger partial charge is 0.347 e. The summed E-state index contributed by atoms with van der Waals surface area (Å²) in [6.07, 6.45) is 0. The zero-order valence-corrected chi connectivity index (χ0v) is 13.1. The predicted octanol–water partition coefficient (Wildman–Crippen LogP) is 3.54. The lowest BCUT2D eigenvalue weighted by Crippen LogP contribution is -2.05. The molecule has 0 bridgehead atoms. The molecule has 22 heavy (non-hydrogen) atoms. The lowest BCUT2D eigenvalue weighted by Gasteiger charge is -2.04. The van der Waals surface area contributed by atoms with Crippen LogP contribution in [0.1, 0.15) is 6.92 Å². The Bertz CT molecular complexity index is 933. The topological polar surface area (TPSA) is 69.4 Å². The molecule has 0 radical (unpaired) electrons. The average molecular weight is 360 g/mol. The van der Waals surface area contributed by atoms with Gasteiger partial charge in [0.05, 0.1) is 10.9 Å². The molecule has 0 fully saturated rings. The first-order valence-corrected chi connectivity index (χ1v) is 7.21.